The molecule has 1 heterocycles. The first-order valence-corrected chi connectivity index (χ1v) is 10.3. The van der Waals surface area contributed by atoms with Gasteiger partial charge in [0.1, 0.15) is 0 Å². The van der Waals surface area contributed by atoms with Crippen molar-refractivity contribution in [3.8, 4) is 0 Å². The minimum atomic E-state index is -2.12. The van der Waals surface area contributed by atoms with Gasteiger partial charge in [0.25, 0.3) is 0 Å². The normalized spacial score (nSPS) is 20.8. The molecule has 0 aliphatic carbocycles. The maximum absolute atomic E-state index is 12.8. The smallest absolute Gasteiger partial charge is 0.00868 e. The van der Waals surface area contributed by atoms with Crippen LogP contribution in [0.2, 0.25) is 0 Å². The molecule has 1 unspecified atom stereocenters. The number of allylic oxidation sites excluding steroid dienone is 3. The molecule has 1 atom stereocenters. The Morgan fingerprint density at radius 1 is 0.792 bits per heavy atom. The van der Waals surface area contributed by atoms with Crippen molar-refractivity contribution in [3.05, 3.63) is 82.8 Å². The first-order chi connectivity index (χ1) is 11.2. The average Bonchev–Trinajstić information content (AvgIpc) is 2.53. The minimum absolute atomic E-state index is 0.136. The van der Waals surface area contributed by atoms with Gasteiger partial charge in [0, 0.05) is 17.0 Å². The van der Waals surface area contributed by atoms with Gasteiger partial charge in [-0.2, -0.15) is 0 Å². The van der Waals surface area contributed by atoms with Gasteiger partial charge in [-0.1, -0.05) is 75.4 Å². The third-order valence-corrected chi connectivity index (χ3v) is 5.67. The van der Waals surface area contributed by atoms with Crippen molar-refractivity contribution in [3.63, 3.8) is 0 Å². The highest BCUT2D eigenvalue weighted by molar-refractivity contribution is 8.04. The summed E-state index contributed by atoms with van der Waals surface area (Å²) in [6, 6.07) is 18.7. The standard InChI is InChI=1S/C22H24OS/c1-22(2,3)21-12-10-18(11-13-21)20-14-19(15-24(4,23)16-20)17-8-6-5-7-9-17/h5-16H,1-4H3. The lowest BCUT2D eigenvalue weighted by Gasteiger charge is -2.20. The Bertz CT molecular complexity index is 914. The van der Waals surface area contributed by atoms with Crippen LogP contribution in [0.5, 0.6) is 0 Å². The lowest BCUT2D eigenvalue weighted by Crippen LogP contribution is -2.11. The molecule has 3 rings (SSSR count). The fraction of sp³-hybridized carbons (Fsp3) is 0.227. The summed E-state index contributed by atoms with van der Waals surface area (Å²) < 4.78 is 12.8. The van der Waals surface area contributed by atoms with Gasteiger partial charge in [-0.15, -0.1) is 0 Å². The van der Waals surface area contributed by atoms with E-state index >= 15 is 0 Å². The summed E-state index contributed by atoms with van der Waals surface area (Å²) in [5.74, 6) is 0. The van der Waals surface area contributed by atoms with E-state index in [4.69, 9.17) is 0 Å². The van der Waals surface area contributed by atoms with E-state index in [2.05, 4.69) is 63.2 Å². The molecule has 1 aliphatic rings. The lowest BCUT2D eigenvalue weighted by molar-refractivity contribution is 0.590. The van der Waals surface area contributed by atoms with Crippen LogP contribution in [0.3, 0.4) is 0 Å². The van der Waals surface area contributed by atoms with Crippen molar-refractivity contribution in [1.29, 1.82) is 0 Å². The Balaban J connectivity index is 2.05. The van der Waals surface area contributed by atoms with Crippen LogP contribution >= 0.6 is 0 Å². The summed E-state index contributed by atoms with van der Waals surface area (Å²) in [7, 11) is -2.12. The zero-order chi connectivity index (χ0) is 17.4. The summed E-state index contributed by atoms with van der Waals surface area (Å²) in [4.78, 5) is 0. The molecule has 0 saturated heterocycles. The highest BCUT2D eigenvalue weighted by atomic mass is 32.2. The number of hydrogen-bond acceptors (Lipinski definition) is 1. The van der Waals surface area contributed by atoms with Crippen LogP contribution in [-0.4, -0.2) is 15.8 Å². The molecule has 1 nitrogen and oxygen atoms in total. The predicted molar refractivity (Wildman–Crippen MR) is 108 cm³/mol. The maximum Gasteiger partial charge on any atom is 0.00868 e. The van der Waals surface area contributed by atoms with Gasteiger partial charge >= 0.3 is 0 Å². The Morgan fingerprint density at radius 3 is 1.96 bits per heavy atom. The molecule has 124 valence electrons. The third-order valence-electron chi connectivity index (χ3n) is 4.22. The largest absolute Gasteiger partial charge is 0.263 e. The van der Waals surface area contributed by atoms with Gasteiger partial charge in [-0.3, -0.25) is 4.21 Å². The summed E-state index contributed by atoms with van der Waals surface area (Å²) in [5, 5.41) is 3.78. The quantitative estimate of drug-likeness (QED) is 0.694. The first-order valence-electron chi connectivity index (χ1n) is 8.18. The lowest BCUT2D eigenvalue weighted by atomic mass is 9.86. The maximum atomic E-state index is 12.8. The van der Waals surface area contributed by atoms with E-state index in [9.17, 15) is 4.21 Å². The van der Waals surface area contributed by atoms with Crippen molar-refractivity contribution >= 4 is 26.0 Å². The van der Waals surface area contributed by atoms with Crippen molar-refractivity contribution < 1.29 is 4.21 Å². The van der Waals surface area contributed by atoms with E-state index in [-0.39, 0.29) is 5.41 Å². The van der Waals surface area contributed by atoms with Crippen LogP contribution < -0.4 is 0 Å². The molecule has 2 heteroatoms. The molecule has 1 aliphatic heterocycles. The van der Waals surface area contributed by atoms with Crippen molar-refractivity contribution in [2.45, 2.75) is 26.2 Å². The monoisotopic (exact) mass is 336 g/mol. The Hall–Kier alpha value is -2.06. The minimum Gasteiger partial charge on any atom is -0.263 e. The van der Waals surface area contributed by atoms with Gasteiger partial charge in [0.05, 0.1) is 0 Å². The van der Waals surface area contributed by atoms with Crippen LogP contribution in [-0.2, 0) is 14.9 Å². The molecule has 0 fully saturated rings. The predicted octanol–water partition coefficient (Wildman–Crippen LogP) is 5.14. The molecule has 0 amide bonds. The molecule has 0 saturated carbocycles. The molecule has 0 spiro atoms. The highest BCUT2D eigenvalue weighted by Gasteiger charge is 2.15. The van der Waals surface area contributed by atoms with E-state index in [0.717, 1.165) is 22.3 Å². The summed E-state index contributed by atoms with van der Waals surface area (Å²) in [6.07, 6.45) is 3.93. The summed E-state index contributed by atoms with van der Waals surface area (Å²) >= 11 is 0. The molecule has 0 aromatic heterocycles. The third kappa shape index (κ3) is 3.70. The average molecular weight is 337 g/mol. The molecule has 0 N–H and O–H groups in total. The van der Waals surface area contributed by atoms with Crippen LogP contribution in [0.4, 0.5) is 0 Å². The molecule has 2 aromatic carbocycles. The van der Waals surface area contributed by atoms with Gasteiger partial charge in [-0.05, 0) is 48.8 Å². The van der Waals surface area contributed by atoms with Crippen LogP contribution in [0, 0.1) is 0 Å². The van der Waals surface area contributed by atoms with E-state index in [0.29, 0.717) is 0 Å². The number of rotatable bonds is 2. The van der Waals surface area contributed by atoms with Gasteiger partial charge in [0.2, 0.25) is 0 Å². The van der Waals surface area contributed by atoms with Gasteiger partial charge in [0.15, 0.2) is 0 Å². The van der Waals surface area contributed by atoms with Gasteiger partial charge in [-0.25, -0.2) is 0 Å². The molecule has 24 heavy (non-hydrogen) atoms. The van der Waals surface area contributed by atoms with Crippen LogP contribution in [0.25, 0.3) is 11.1 Å². The van der Waals surface area contributed by atoms with Crippen molar-refractivity contribution in [2.24, 2.45) is 0 Å². The second kappa shape index (κ2) is 6.10. The fourth-order valence-electron chi connectivity index (χ4n) is 2.87. The molecular weight excluding hydrogens is 312 g/mol. The topological polar surface area (TPSA) is 17.1 Å². The van der Waals surface area contributed by atoms with Crippen LogP contribution in [0.1, 0.15) is 37.5 Å². The summed E-state index contributed by atoms with van der Waals surface area (Å²) in [5.41, 5.74) is 5.71. The van der Waals surface area contributed by atoms with E-state index in [1.807, 2.05) is 29.0 Å². The molecular formula is C22H24OS. The van der Waals surface area contributed by atoms with Crippen molar-refractivity contribution in [1.82, 2.24) is 0 Å². The zero-order valence-electron chi connectivity index (χ0n) is 14.7. The Kier molecular flexibility index (Phi) is 4.27. The van der Waals surface area contributed by atoms with E-state index in [1.165, 1.54) is 5.56 Å². The summed E-state index contributed by atoms with van der Waals surface area (Å²) in [6.45, 7) is 6.63. The first kappa shape index (κ1) is 16.8. The second-order valence-corrected chi connectivity index (χ2v) is 9.86. The van der Waals surface area contributed by atoms with Crippen molar-refractivity contribution in [2.75, 3.05) is 6.26 Å². The Morgan fingerprint density at radius 2 is 1.38 bits per heavy atom. The van der Waals surface area contributed by atoms with E-state index < -0.39 is 9.52 Å². The molecule has 2 aromatic rings. The fourth-order valence-corrected chi connectivity index (χ4v) is 4.35. The highest BCUT2D eigenvalue weighted by Crippen LogP contribution is 2.28. The molecule has 0 bridgehead atoms. The second-order valence-electron chi connectivity index (χ2n) is 7.45. The van der Waals surface area contributed by atoms with Gasteiger partial charge < -0.3 is 0 Å². The van der Waals surface area contributed by atoms with Crippen LogP contribution in [0.15, 0.2) is 66.1 Å². The number of benzene rings is 2. The SMILES string of the molecule is CC(C)(C)c1ccc(C2=CC(c3ccccc3)=CS(C)(=O)=C2)cc1. The Labute approximate surface area is 145 Å². The number of hydrogen-bond donors (Lipinski definition) is 0. The van der Waals surface area contributed by atoms with E-state index in [1.54, 1.807) is 6.26 Å². The molecule has 0 radical (unpaired) electrons. The zero-order valence-corrected chi connectivity index (χ0v) is 15.6.